The van der Waals surface area contributed by atoms with E-state index in [0.29, 0.717) is 0 Å². The van der Waals surface area contributed by atoms with Crippen molar-refractivity contribution in [2.75, 3.05) is 0 Å². The third kappa shape index (κ3) is 2.64. The molecule has 1 aliphatic rings. The van der Waals surface area contributed by atoms with Crippen molar-refractivity contribution in [3.8, 4) is 0 Å². The van der Waals surface area contributed by atoms with Crippen LogP contribution in [0.4, 0.5) is 0 Å². The number of hydrogen-bond donors (Lipinski definition) is 0. The van der Waals surface area contributed by atoms with Gasteiger partial charge in [0.1, 0.15) is 0 Å². The molecule has 0 aromatic heterocycles. The standard InChI is InChI=1S/C8H14N/c9-8-6-4-2-1-3-5-7-8/h1-7H2. The van der Waals surface area contributed by atoms with E-state index in [9.17, 15) is 0 Å². The summed E-state index contributed by atoms with van der Waals surface area (Å²) in [5.41, 5.74) is 0.731. The fourth-order valence-corrected chi connectivity index (χ4v) is 1.31. The maximum Gasteiger partial charge on any atom is 0.0405 e. The van der Waals surface area contributed by atoms with Crippen molar-refractivity contribution < 1.29 is 0 Å². The van der Waals surface area contributed by atoms with E-state index in [1.54, 1.807) is 0 Å². The molecule has 0 unspecified atom stereocenters. The molecule has 0 N–H and O–H groups in total. The van der Waals surface area contributed by atoms with E-state index in [-0.39, 0.29) is 0 Å². The predicted octanol–water partition coefficient (Wildman–Crippen LogP) is 1.97. The molecule has 0 aromatic rings. The average molecular weight is 124 g/mol. The van der Waals surface area contributed by atoms with Crippen LogP contribution in [0.25, 0.3) is 0 Å². The first-order chi connectivity index (χ1) is 4.39. The highest BCUT2D eigenvalue weighted by Gasteiger charge is 2.02. The molecule has 0 heterocycles. The zero-order valence-corrected chi connectivity index (χ0v) is 5.90. The van der Waals surface area contributed by atoms with Gasteiger partial charge in [0.25, 0.3) is 0 Å². The molecule has 1 nitrogen and oxygen atoms in total. The van der Waals surface area contributed by atoms with Crippen LogP contribution in [0.2, 0.25) is 0 Å². The van der Waals surface area contributed by atoms with Gasteiger partial charge in [0.05, 0.1) is 0 Å². The Balaban J connectivity index is 2.20. The van der Waals surface area contributed by atoms with Crippen molar-refractivity contribution in [3.05, 3.63) is 0 Å². The highest BCUT2D eigenvalue weighted by Crippen LogP contribution is 2.12. The van der Waals surface area contributed by atoms with E-state index in [1.807, 2.05) is 0 Å². The summed E-state index contributed by atoms with van der Waals surface area (Å²) in [5, 5.41) is 9.13. The van der Waals surface area contributed by atoms with Gasteiger partial charge in [-0.15, -0.1) is 0 Å². The van der Waals surface area contributed by atoms with Gasteiger partial charge in [-0.3, -0.25) is 0 Å². The van der Waals surface area contributed by atoms with E-state index in [1.165, 1.54) is 32.1 Å². The zero-order valence-electron chi connectivity index (χ0n) is 5.90. The fourth-order valence-electron chi connectivity index (χ4n) is 1.31. The van der Waals surface area contributed by atoms with Gasteiger partial charge in [0.15, 0.2) is 0 Å². The molecule has 0 aliphatic heterocycles. The third-order valence-corrected chi connectivity index (χ3v) is 1.93. The Morgan fingerprint density at radius 1 is 0.778 bits per heavy atom. The molecule has 51 valence electrons. The highest BCUT2D eigenvalue weighted by molar-refractivity contribution is 5.82. The van der Waals surface area contributed by atoms with Crippen LogP contribution in [-0.2, 0) is 0 Å². The minimum Gasteiger partial charge on any atom is -0.160 e. The van der Waals surface area contributed by atoms with Gasteiger partial charge in [0, 0.05) is 5.71 Å². The van der Waals surface area contributed by atoms with Gasteiger partial charge in [-0.2, -0.15) is 5.41 Å². The maximum atomic E-state index is 9.13. The minimum absolute atomic E-state index is 0.731. The van der Waals surface area contributed by atoms with Crippen LogP contribution >= 0.6 is 0 Å². The molecule has 1 heteroatoms. The number of hydrogen-bond acceptors (Lipinski definition) is 0. The third-order valence-electron chi connectivity index (χ3n) is 1.93. The molecule has 1 aliphatic carbocycles. The van der Waals surface area contributed by atoms with Gasteiger partial charge >= 0.3 is 0 Å². The van der Waals surface area contributed by atoms with Crippen molar-refractivity contribution in [2.24, 2.45) is 0 Å². The van der Waals surface area contributed by atoms with Crippen LogP contribution in [0.15, 0.2) is 0 Å². The lowest BCUT2D eigenvalue weighted by Gasteiger charge is -2.06. The predicted molar refractivity (Wildman–Crippen MR) is 39.5 cm³/mol. The first-order valence-electron chi connectivity index (χ1n) is 3.93. The van der Waals surface area contributed by atoms with Gasteiger partial charge in [0.2, 0.25) is 0 Å². The fraction of sp³-hybridized carbons (Fsp3) is 0.875. The molecule has 0 spiro atoms. The number of nitrogens with zero attached hydrogens (tertiary/aromatic N) is 1. The van der Waals surface area contributed by atoms with Crippen molar-refractivity contribution in [1.29, 1.82) is 0 Å². The lowest BCUT2D eigenvalue weighted by atomic mass is 10.00. The van der Waals surface area contributed by atoms with Crippen molar-refractivity contribution in [1.82, 2.24) is 5.41 Å². The molecule has 1 radical (unpaired) electrons. The molecule has 0 saturated heterocycles. The van der Waals surface area contributed by atoms with Crippen LogP contribution in [0.5, 0.6) is 0 Å². The highest BCUT2D eigenvalue weighted by atomic mass is 14.4. The van der Waals surface area contributed by atoms with E-state index in [0.717, 1.165) is 18.6 Å². The van der Waals surface area contributed by atoms with Gasteiger partial charge in [-0.1, -0.05) is 19.3 Å². The van der Waals surface area contributed by atoms with Gasteiger partial charge < -0.3 is 0 Å². The largest absolute Gasteiger partial charge is 0.160 e. The summed E-state index contributed by atoms with van der Waals surface area (Å²) in [6.07, 6.45) is 8.30. The maximum absolute atomic E-state index is 9.13. The number of rotatable bonds is 0. The van der Waals surface area contributed by atoms with E-state index < -0.39 is 0 Å². The molecule has 0 amide bonds. The average Bonchev–Trinajstić information content (AvgIpc) is 1.79. The zero-order chi connectivity index (χ0) is 6.53. The summed E-state index contributed by atoms with van der Waals surface area (Å²) in [5.74, 6) is 0. The molecule has 1 fully saturated rings. The molecule has 1 saturated carbocycles. The quantitative estimate of drug-likeness (QED) is 0.471. The van der Waals surface area contributed by atoms with E-state index in [2.05, 4.69) is 0 Å². The Kier molecular flexibility index (Phi) is 2.75. The molecule has 1 rings (SSSR count). The van der Waals surface area contributed by atoms with Crippen LogP contribution < -0.4 is 5.41 Å². The lowest BCUT2D eigenvalue weighted by Crippen LogP contribution is -2.01. The van der Waals surface area contributed by atoms with Crippen LogP contribution in [0, 0.1) is 0 Å². The SMILES string of the molecule is [N]=C1CCCCCCC1. The molecule has 0 atom stereocenters. The summed E-state index contributed by atoms with van der Waals surface area (Å²) in [6, 6.07) is 0. The summed E-state index contributed by atoms with van der Waals surface area (Å²) in [6.45, 7) is 0. The van der Waals surface area contributed by atoms with E-state index in [4.69, 9.17) is 5.41 Å². The van der Waals surface area contributed by atoms with Crippen LogP contribution in [-0.4, -0.2) is 5.71 Å². The molecular formula is C8H14N. The Morgan fingerprint density at radius 3 is 1.78 bits per heavy atom. The van der Waals surface area contributed by atoms with Gasteiger partial charge in [-0.25, -0.2) is 0 Å². The first-order valence-corrected chi connectivity index (χ1v) is 3.93. The van der Waals surface area contributed by atoms with Crippen LogP contribution in [0.3, 0.4) is 0 Å². The summed E-state index contributed by atoms with van der Waals surface area (Å²) in [7, 11) is 0. The first kappa shape index (κ1) is 6.79. The normalized spacial score (nSPS) is 22.9. The summed E-state index contributed by atoms with van der Waals surface area (Å²) < 4.78 is 0. The topological polar surface area (TPSA) is 22.3 Å². The molecule has 0 aromatic carbocycles. The van der Waals surface area contributed by atoms with Crippen molar-refractivity contribution in [3.63, 3.8) is 0 Å². The molecular weight excluding hydrogens is 110 g/mol. The Morgan fingerprint density at radius 2 is 1.22 bits per heavy atom. The molecule has 0 bridgehead atoms. The Bertz CT molecular complexity index is 86.7. The van der Waals surface area contributed by atoms with Crippen molar-refractivity contribution in [2.45, 2.75) is 44.9 Å². The molecule has 9 heavy (non-hydrogen) atoms. The second-order valence-corrected chi connectivity index (χ2v) is 2.83. The second kappa shape index (κ2) is 3.65. The van der Waals surface area contributed by atoms with Crippen molar-refractivity contribution >= 4 is 5.71 Å². The van der Waals surface area contributed by atoms with E-state index >= 15 is 0 Å². The monoisotopic (exact) mass is 124 g/mol. The smallest absolute Gasteiger partial charge is 0.0405 e. The Labute approximate surface area is 57.0 Å². The van der Waals surface area contributed by atoms with Gasteiger partial charge in [-0.05, 0) is 25.7 Å². The second-order valence-electron chi connectivity index (χ2n) is 2.83. The summed E-state index contributed by atoms with van der Waals surface area (Å²) >= 11 is 0. The lowest BCUT2D eigenvalue weighted by molar-refractivity contribution is 0.607. The Hall–Kier alpha value is -0.330. The van der Waals surface area contributed by atoms with Crippen LogP contribution in [0.1, 0.15) is 44.9 Å². The summed E-state index contributed by atoms with van der Waals surface area (Å²) in [4.78, 5) is 0. The minimum atomic E-state index is 0.731.